The van der Waals surface area contributed by atoms with Crippen molar-refractivity contribution in [2.45, 2.75) is 31.8 Å². The summed E-state index contributed by atoms with van der Waals surface area (Å²) in [6.07, 6.45) is 1.51. The number of likely N-dealkylation sites (N-methyl/N-ethyl adjacent to an activating group) is 1. The lowest BCUT2D eigenvalue weighted by molar-refractivity contribution is 0.0963. The molecule has 1 saturated heterocycles. The van der Waals surface area contributed by atoms with E-state index in [0.717, 1.165) is 24.6 Å². The maximum absolute atomic E-state index is 11.8. The smallest absolute Gasteiger partial charge is 0.409 e. The fourth-order valence-corrected chi connectivity index (χ4v) is 3.45. The number of halogens is 1. The Balaban J connectivity index is 0.00000450. The summed E-state index contributed by atoms with van der Waals surface area (Å²) in [7, 11) is 7.58. The van der Waals surface area contributed by atoms with E-state index in [1.54, 1.807) is 19.1 Å². The van der Waals surface area contributed by atoms with Gasteiger partial charge in [0.05, 0.1) is 19.8 Å². The second-order valence-corrected chi connectivity index (χ2v) is 7.31. The highest BCUT2D eigenvalue weighted by Crippen LogP contribution is 2.22. The van der Waals surface area contributed by atoms with Crippen LogP contribution in [0, 0.1) is 0 Å². The van der Waals surface area contributed by atoms with Crippen LogP contribution in [-0.4, -0.2) is 82.4 Å². The summed E-state index contributed by atoms with van der Waals surface area (Å²) in [6, 6.07) is 8.59. The molecular weight excluding hydrogens is 497 g/mol. The maximum atomic E-state index is 11.8. The third-order valence-corrected chi connectivity index (χ3v) is 5.15. The lowest BCUT2D eigenvalue weighted by Gasteiger charge is -2.33. The summed E-state index contributed by atoms with van der Waals surface area (Å²) in [5.41, 5.74) is 1.18. The van der Waals surface area contributed by atoms with Gasteiger partial charge in [0.1, 0.15) is 5.75 Å². The van der Waals surface area contributed by atoms with Crippen LogP contribution >= 0.6 is 24.0 Å². The summed E-state index contributed by atoms with van der Waals surface area (Å²) in [5, 5.41) is 6.92. The van der Waals surface area contributed by atoms with Gasteiger partial charge in [-0.3, -0.25) is 4.99 Å². The van der Waals surface area contributed by atoms with E-state index in [0.29, 0.717) is 26.2 Å². The first-order chi connectivity index (χ1) is 14.0. The van der Waals surface area contributed by atoms with Gasteiger partial charge >= 0.3 is 6.09 Å². The number of guanidine groups is 1. The van der Waals surface area contributed by atoms with Crippen molar-refractivity contribution in [3.63, 3.8) is 0 Å². The van der Waals surface area contributed by atoms with Crippen molar-refractivity contribution in [3.8, 4) is 5.75 Å². The molecule has 1 aromatic rings. The van der Waals surface area contributed by atoms with Gasteiger partial charge in [-0.05, 0) is 51.6 Å². The number of piperidine rings is 1. The number of hydrogen-bond donors (Lipinski definition) is 2. The first kappa shape index (κ1) is 26.3. The fourth-order valence-electron chi connectivity index (χ4n) is 3.45. The molecule has 0 bridgehead atoms. The Morgan fingerprint density at radius 3 is 2.60 bits per heavy atom. The maximum Gasteiger partial charge on any atom is 0.409 e. The molecule has 2 N–H and O–H groups in total. The molecule has 1 aliphatic rings. The first-order valence-corrected chi connectivity index (χ1v) is 10.2. The highest BCUT2D eigenvalue weighted by molar-refractivity contribution is 14.0. The second kappa shape index (κ2) is 13.5. The van der Waals surface area contributed by atoms with E-state index in [4.69, 9.17) is 9.47 Å². The SMILES string of the molecule is CCOC(=O)N1CCC(NC(=NC)NCC(c2cccc(OC)c2)N(C)C)CC1.I. The number of hydrogen-bond acceptors (Lipinski definition) is 5. The van der Waals surface area contributed by atoms with Crippen LogP contribution in [0.15, 0.2) is 29.3 Å². The average molecular weight is 533 g/mol. The van der Waals surface area contributed by atoms with Crippen molar-refractivity contribution in [2.75, 3.05) is 54.5 Å². The Kier molecular flexibility index (Phi) is 11.9. The van der Waals surface area contributed by atoms with Crippen LogP contribution in [-0.2, 0) is 4.74 Å². The number of ether oxygens (including phenoxy) is 2. The number of carbonyl (C=O) groups excluding carboxylic acids is 1. The molecule has 0 spiro atoms. The van der Waals surface area contributed by atoms with Gasteiger partial charge in [0.2, 0.25) is 0 Å². The van der Waals surface area contributed by atoms with Gasteiger partial charge in [0.25, 0.3) is 0 Å². The Labute approximate surface area is 197 Å². The van der Waals surface area contributed by atoms with Gasteiger partial charge in [-0.15, -0.1) is 24.0 Å². The summed E-state index contributed by atoms with van der Waals surface area (Å²) in [5.74, 6) is 1.62. The normalized spacial score (nSPS) is 15.9. The molecule has 1 unspecified atom stereocenters. The predicted octanol–water partition coefficient (Wildman–Crippen LogP) is 2.70. The van der Waals surface area contributed by atoms with Crippen molar-refractivity contribution < 1.29 is 14.3 Å². The molecule has 0 radical (unpaired) electrons. The van der Waals surface area contributed by atoms with Gasteiger partial charge in [-0.25, -0.2) is 4.79 Å². The van der Waals surface area contributed by atoms with Crippen LogP contribution in [0.25, 0.3) is 0 Å². The van der Waals surface area contributed by atoms with Crippen LogP contribution < -0.4 is 15.4 Å². The zero-order chi connectivity index (χ0) is 21.2. The van der Waals surface area contributed by atoms with Gasteiger partial charge in [-0.1, -0.05) is 12.1 Å². The van der Waals surface area contributed by atoms with E-state index in [9.17, 15) is 4.79 Å². The number of nitrogens with zero attached hydrogens (tertiary/aromatic N) is 3. The van der Waals surface area contributed by atoms with Crippen molar-refractivity contribution in [3.05, 3.63) is 29.8 Å². The number of methoxy groups -OCH3 is 1. The van der Waals surface area contributed by atoms with E-state index in [1.165, 1.54) is 5.56 Å². The monoisotopic (exact) mass is 533 g/mol. The highest BCUT2D eigenvalue weighted by Gasteiger charge is 2.24. The molecule has 0 aromatic heterocycles. The van der Waals surface area contributed by atoms with Gasteiger partial charge in [0, 0.05) is 32.7 Å². The van der Waals surface area contributed by atoms with Crippen molar-refractivity contribution in [1.29, 1.82) is 0 Å². The lowest BCUT2D eigenvalue weighted by atomic mass is 10.1. The molecule has 1 aliphatic heterocycles. The Hall–Kier alpha value is -1.75. The number of amides is 1. The minimum Gasteiger partial charge on any atom is -0.497 e. The van der Waals surface area contributed by atoms with Crippen LogP contribution in [0.5, 0.6) is 5.75 Å². The van der Waals surface area contributed by atoms with Crippen LogP contribution in [0.2, 0.25) is 0 Å². The Bertz CT molecular complexity index is 678. The standard InChI is InChI=1S/C21H35N5O3.HI/c1-6-29-21(27)26-12-10-17(11-13-26)24-20(22-2)23-15-19(25(3)4)16-8-7-9-18(14-16)28-5;/h7-9,14,17,19H,6,10-13,15H2,1-5H3,(H2,22,23,24);1H. The number of likely N-dealkylation sites (tertiary alicyclic amines) is 1. The first-order valence-electron chi connectivity index (χ1n) is 10.2. The Morgan fingerprint density at radius 1 is 1.33 bits per heavy atom. The minimum absolute atomic E-state index is 0. The third-order valence-electron chi connectivity index (χ3n) is 5.15. The van der Waals surface area contributed by atoms with E-state index in [2.05, 4.69) is 46.8 Å². The molecule has 1 fully saturated rings. The number of carbonyl (C=O) groups is 1. The van der Waals surface area contributed by atoms with Crippen LogP contribution in [0.3, 0.4) is 0 Å². The fraction of sp³-hybridized carbons (Fsp3) is 0.619. The highest BCUT2D eigenvalue weighted by atomic mass is 127. The summed E-state index contributed by atoms with van der Waals surface area (Å²) in [6.45, 7) is 4.33. The van der Waals surface area contributed by atoms with Gasteiger partial charge in [-0.2, -0.15) is 0 Å². The minimum atomic E-state index is -0.222. The van der Waals surface area contributed by atoms with Crippen molar-refractivity contribution in [1.82, 2.24) is 20.4 Å². The summed E-state index contributed by atoms with van der Waals surface area (Å²) >= 11 is 0. The molecule has 8 nitrogen and oxygen atoms in total. The molecule has 9 heteroatoms. The predicted molar refractivity (Wildman–Crippen MR) is 131 cm³/mol. The van der Waals surface area contributed by atoms with Crippen LogP contribution in [0.1, 0.15) is 31.4 Å². The van der Waals surface area contributed by atoms with E-state index in [-0.39, 0.29) is 42.2 Å². The molecule has 170 valence electrons. The van der Waals surface area contributed by atoms with Crippen molar-refractivity contribution >= 4 is 36.0 Å². The van der Waals surface area contributed by atoms with Gasteiger partial charge < -0.3 is 29.9 Å². The zero-order valence-electron chi connectivity index (χ0n) is 18.7. The molecule has 0 saturated carbocycles. The molecule has 1 aromatic carbocycles. The number of benzene rings is 1. The molecule has 1 atom stereocenters. The number of nitrogens with one attached hydrogen (secondary N) is 2. The number of rotatable bonds is 7. The lowest BCUT2D eigenvalue weighted by Crippen LogP contribution is -2.50. The summed E-state index contributed by atoms with van der Waals surface area (Å²) in [4.78, 5) is 20.1. The van der Waals surface area contributed by atoms with Crippen LogP contribution in [0.4, 0.5) is 4.79 Å². The summed E-state index contributed by atoms with van der Waals surface area (Å²) < 4.78 is 10.4. The largest absolute Gasteiger partial charge is 0.497 e. The third kappa shape index (κ3) is 7.82. The zero-order valence-corrected chi connectivity index (χ0v) is 21.0. The quantitative estimate of drug-likeness (QED) is 0.319. The molecule has 2 rings (SSSR count). The van der Waals surface area contributed by atoms with E-state index < -0.39 is 0 Å². The molecule has 1 amide bonds. The van der Waals surface area contributed by atoms with Crippen molar-refractivity contribution in [2.24, 2.45) is 4.99 Å². The topological polar surface area (TPSA) is 78.4 Å². The average Bonchev–Trinajstić information content (AvgIpc) is 2.73. The van der Waals surface area contributed by atoms with E-state index >= 15 is 0 Å². The molecular formula is C21H36IN5O3. The second-order valence-electron chi connectivity index (χ2n) is 7.31. The number of aliphatic imine (C=N–C) groups is 1. The molecule has 0 aliphatic carbocycles. The Morgan fingerprint density at radius 2 is 2.03 bits per heavy atom. The van der Waals surface area contributed by atoms with E-state index in [1.807, 2.05) is 19.1 Å². The molecule has 30 heavy (non-hydrogen) atoms. The van der Waals surface area contributed by atoms with Gasteiger partial charge in [0.15, 0.2) is 5.96 Å². The molecule has 1 heterocycles.